The van der Waals surface area contributed by atoms with E-state index in [2.05, 4.69) is 5.32 Å². The molecule has 0 saturated carbocycles. The van der Waals surface area contributed by atoms with Crippen molar-refractivity contribution in [2.75, 3.05) is 12.0 Å². The number of thioether (sulfide) groups is 1. The Kier molecular flexibility index (Phi) is 8.22. The van der Waals surface area contributed by atoms with E-state index in [1.54, 1.807) is 11.8 Å². The zero-order chi connectivity index (χ0) is 14.8. The van der Waals surface area contributed by atoms with Gasteiger partial charge in [-0.3, -0.25) is 4.79 Å². The van der Waals surface area contributed by atoms with Gasteiger partial charge in [0.15, 0.2) is 0 Å². The monoisotopic (exact) mass is 313 g/mol. The molecule has 0 aromatic heterocycles. The number of amides is 1. The Hall–Kier alpha value is -1.14. The number of hydrogen-bond donors (Lipinski definition) is 1. The Morgan fingerprint density at radius 1 is 1.30 bits per heavy atom. The number of benzene rings is 1. The molecule has 0 bridgehead atoms. The first-order chi connectivity index (χ1) is 9.63. The second kappa shape index (κ2) is 9.72. The Morgan fingerprint density at radius 3 is 2.60 bits per heavy atom. The fraction of sp³-hybridized carbons (Fsp3) is 0.429. The van der Waals surface area contributed by atoms with E-state index in [9.17, 15) is 9.59 Å². The van der Waals surface area contributed by atoms with Crippen LogP contribution in [0.25, 0.3) is 0 Å². The van der Waals surface area contributed by atoms with Gasteiger partial charge < -0.3 is 9.50 Å². The van der Waals surface area contributed by atoms with Crippen LogP contribution >= 0.6 is 23.8 Å². The number of nitrogens with one attached hydrogen (secondary N) is 1. The van der Waals surface area contributed by atoms with Crippen molar-refractivity contribution in [2.24, 2.45) is 0 Å². The average molecular weight is 313 g/mol. The van der Waals surface area contributed by atoms with Crippen LogP contribution in [0, 0.1) is 0 Å². The minimum absolute atomic E-state index is 0.221. The van der Waals surface area contributed by atoms with E-state index < -0.39 is 12.0 Å². The smallest absolute Gasteiger partial charge is 0.340 e. The molecular weight excluding hydrogens is 294 g/mol. The van der Waals surface area contributed by atoms with Gasteiger partial charge in [0.05, 0.1) is 17.8 Å². The van der Waals surface area contributed by atoms with Crippen LogP contribution in [0.4, 0.5) is 0 Å². The van der Waals surface area contributed by atoms with Crippen LogP contribution in [-0.2, 0) is 19.5 Å². The molecule has 0 aliphatic heterocycles. The highest BCUT2D eigenvalue weighted by atomic mass is 32.2. The first-order valence-corrected chi connectivity index (χ1v) is 8.57. The fourth-order valence-corrected chi connectivity index (χ4v) is 2.61. The van der Waals surface area contributed by atoms with Crippen molar-refractivity contribution in [2.45, 2.75) is 25.1 Å². The second-order valence-electron chi connectivity index (χ2n) is 4.18. The maximum Gasteiger partial charge on any atom is 0.340 e. The minimum Gasteiger partial charge on any atom is -0.389 e. The SMILES string of the molecule is CSCCC(NC(C)=O)C(=O)OSCc1ccccc1. The molecular formula is C14H19NO3S2. The third-order valence-electron chi connectivity index (χ3n) is 2.48. The topological polar surface area (TPSA) is 55.4 Å². The molecule has 0 aliphatic rings. The largest absolute Gasteiger partial charge is 0.389 e. The zero-order valence-electron chi connectivity index (χ0n) is 11.6. The molecule has 1 rings (SSSR count). The summed E-state index contributed by atoms with van der Waals surface area (Å²) in [5, 5.41) is 2.62. The molecule has 0 aliphatic carbocycles. The van der Waals surface area contributed by atoms with Gasteiger partial charge in [0.25, 0.3) is 0 Å². The van der Waals surface area contributed by atoms with E-state index in [1.807, 2.05) is 36.6 Å². The number of carbonyl (C=O) groups excluding carboxylic acids is 2. The lowest BCUT2D eigenvalue weighted by Crippen LogP contribution is -2.40. The molecule has 4 nitrogen and oxygen atoms in total. The van der Waals surface area contributed by atoms with Crippen LogP contribution in [0.2, 0.25) is 0 Å². The molecule has 1 unspecified atom stereocenters. The highest BCUT2D eigenvalue weighted by Gasteiger charge is 2.21. The van der Waals surface area contributed by atoms with E-state index in [0.29, 0.717) is 12.2 Å². The lowest BCUT2D eigenvalue weighted by Gasteiger charge is -2.15. The van der Waals surface area contributed by atoms with Crippen LogP contribution in [-0.4, -0.2) is 29.9 Å². The fourth-order valence-electron chi connectivity index (χ4n) is 1.52. The summed E-state index contributed by atoms with van der Waals surface area (Å²) in [4.78, 5) is 23.0. The van der Waals surface area contributed by atoms with Gasteiger partial charge in [-0.25, -0.2) is 4.79 Å². The highest BCUT2D eigenvalue weighted by Crippen LogP contribution is 2.15. The second-order valence-corrected chi connectivity index (χ2v) is 5.86. The Labute approximate surface area is 128 Å². The van der Waals surface area contributed by atoms with Crippen LogP contribution in [0.3, 0.4) is 0 Å². The molecule has 1 atom stereocenters. The summed E-state index contributed by atoms with van der Waals surface area (Å²) in [7, 11) is 0. The third-order valence-corrected chi connectivity index (χ3v) is 3.86. The quantitative estimate of drug-likeness (QED) is 0.748. The Balaban J connectivity index is 2.38. The first-order valence-electron chi connectivity index (χ1n) is 6.26. The van der Waals surface area contributed by atoms with Crippen LogP contribution in [0.1, 0.15) is 18.9 Å². The summed E-state index contributed by atoms with van der Waals surface area (Å²) in [6.07, 6.45) is 2.53. The molecule has 1 aromatic carbocycles. The molecule has 0 saturated heterocycles. The van der Waals surface area contributed by atoms with Crippen LogP contribution in [0.15, 0.2) is 30.3 Å². The molecule has 0 radical (unpaired) electrons. The van der Waals surface area contributed by atoms with Crippen molar-refractivity contribution in [3.8, 4) is 0 Å². The summed E-state index contributed by atoms with van der Waals surface area (Å²) in [5.74, 6) is 0.780. The first kappa shape index (κ1) is 16.9. The molecule has 110 valence electrons. The third kappa shape index (κ3) is 6.86. The molecule has 1 aromatic rings. The maximum absolute atomic E-state index is 11.9. The van der Waals surface area contributed by atoms with Gasteiger partial charge in [-0.05, 0) is 24.0 Å². The van der Waals surface area contributed by atoms with E-state index in [-0.39, 0.29) is 5.91 Å². The molecule has 0 spiro atoms. The highest BCUT2D eigenvalue weighted by molar-refractivity contribution is 7.98. The Morgan fingerprint density at radius 2 is 2.00 bits per heavy atom. The minimum atomic E-state index is -0.566. The van der Waals surface area contributed by atoms with Gasteiger partial charge in [-0.1, -0.05) is 30.3 Å². The predicted octanol–water partition coefficient (Wildman–Crippen LogP) is 2.64. The number of carbonyl (C=O) groups is 2. The van der Waals surface area contributed by atoms with Gasteiger partial charge in [-0.15, -0.1) is 0 Å². The van der Waals surface area contributed by atoms with Crippen LogP contribution < -0.4 is 5.32 Å². The van der Waals surface area contributed by atoms with Gasteiger partial charge in [-0.2, -0.15) is 11.8 Å². The summed E-state index contributed by atoms with van der Waals surface area (Å²) in [5.41, 5.74) is 1.09. The van der Waals surface area contributed by atoms with Crippen LogP contribution in [0.5, 0.6) is 0 Å². The predicted molar refractivity (Wildman–Crippen MR) is 84.4 cm³/mol. The molecule has 6 heteroatoms. The molecule has 0 fully saturated rings. The van der Waals surface area contributed by atoms with Crippen molar-refractivity contribution < 1.29 is 13.8 Å². The van der Waals surface area contributed by atoms with Gasteiger partial charge in [0.1, 0.15) is 6.04 Å². The lowest BCUT2D eigenvalue weighted by molar-refractivity contribution is -0.137. The summed E-state index contributed by atoms with van der Waals surface area (Å²) < 4.78 is 5.16. The van der Waals surface area contributed by atoms with Gasteiger partial charge >= 0.3 is 5.97 Å². The van der Waals surface area contributed by atoms with E-state index >= 15 is 0 Å². The van der Waals surface area contributed by atoms with E-state index in [1.165, 1.54) is 6.92 Å². The molecule has 20 heavy (non-hydrogen) atoms. The molecule has 1 N–H and O–H groups in total. The molecule has 1 amide bonds. The van der Waals surface area contributed by atoms with Crippen molar-refractivity contribution in [1.82, 2.24) is 5.32 Å². The molecule has 0 heterocycles. The lowest BCUT2D eigenvalue weighted by atomic mass is 10.2. The maximum atomic E-state index is 11.9. The van der Waals surface area contributed by atoms with Crippen molar-refractivity contribution in [1.29, 1.82) is 0 Å². The van der Waals surface area contributed by atoms with Crippen molar-refractivity contribution in [3.05, 3.63) is 35.9 Å². The normalized spacial score (nSPS) is 11.7. The number of hydrogen-bond acceptors (Lipinski definition) is 5. The summed E-state index contributed by atoms with van der Waals surface area (Å²) in [6.45, 7) is 1.40. The van der Waals surface area contributed by atoms with Gasteiger partial charge in [0, 0.05) is 6.92 Å². The number of rotatable bonds is 8. The van der Waals surface area contributed by atoms with E-state index in [4.69, 9.17) is 4.18 Å². The summed E-state index contributed by atoms with van der Waals surface area (Å²) >= 11 is 2.72. The average Bonchev–Trinajstić information content (AvgIpc) is 2.44. The van der Waals surface area contributed by atoms with E-state index in [0.717, 1.165) is 23.4 Å². The Bertz CT molecular complexity index is 426. The van der Waals surface area contributed by atoms with Gasteiger partial charge in [0.2, 0.25) is 5.91 Å². The summed E-state index contributed by atoms with van der Waals surface area (Å²) in [6, 6.07) is 9.20. The standard InChI is InChI=1S/C14H19NO3S2/c1-11(16)15-13(8-9-19-2)14(17)18-20-10-12-6-4-3-5-7-12/h3-7,13H,8-10H2,1-2H3,(H,15,16). The zero-order valence-corrected chi connectivity index (χ0v) is 13.3. The van der Waals surface area contributed by atoms with Crippen molar-refractivity contribution >= 4 is 35.7 Å². The van der Waals surface area contributed by atoms with Crippen molar-refractivity contribution in [3.63, 3.8) is 0 Å².